The van der Waals surface area contributed by atoms with E-state index in [4.69, 9.17) is 16.2 Å². The second kappa shape index (κ2) is 6.67. The predicted molar refractivity (Wildman–Crippen MR) is 85.5 cm³/mol. The van der Waals surface area contributed by atoms with Gasteiger partial charge in [-0.05, 0) is 12.8 Å². The molecule has 23 heavy (non-hydrogen) atoms. The summed E-state index contributed by atoms with van der Waals surface area (Å²) in [4.78, 5) is 27.7. The van der Waals surface area contributed by atoms with E-state index >= 15 is 0 Å². The Balaban J connectivity index is 2.20. The van der Waals surface area contributed by atoms with Crippen LogP contribution in [-0.2, 0) is 30.2 Å². The Morgan fingerprint density at radius 3 is 2.61 bits per heavy atom. The monoisotopic (exact) mass is 323 g/mol. The number of hydrogen-bond donors (Lipinski definition) is 2. The molecule has 9 nitrogen and oxygen atoms in total. The average Bonchev–Trinajstić information content (AvgIpc) is 2.76. The van der Waals surface area contributed by atoms with E-state index in [1.807, 2.05) is 0 Å². The van der Waals surface area contributed by atoms with Gasteiger partial charge in [0.05, 0.1) is 13.2 Å². The van der Waals surface area contributed by atoms with Gasteiger partial charge < -0.3 is 16.2 Å². The number of rotatable bonds is 6. The number of nitrogens with two attached hydrogens (primary N) is 2. The Morgan fingerprint density at radius 2 is 1.96 bits per heavy atom. The average molecular weight is 323 g/mol. The number of ether oxygens (including phenoxy) is 1. The van der Waals surface area contributed by atoms with Crippen molar-refractivity contribution >= 4 is 29.0 Å². The third-order valence-electron chi connectivity index (χ3n) is 3.82. The van der Waals surface area contributed by atoms with Crippen LogP contribution >= 0.6 is 0 Å². The Labute approximate surface area is 133 Å². The molecular weight excluding hydrogens is 300 g/mol. The van der Waals surface area contributed by atoms with Gasteiger partial charge in [-0.2, -0.15) is 0 Å². The lowest BCUT2D eigenvalue weighted by Crippen LogP contribution is -2.38. The van der Waals surface area contributed by atoms with Crippen molar-refractivity contribution in [2.75, 3.05) is 18.1 Å². The van der Waals surface area contributed by atoms with Crippen LogP contribution in [0.2, 0.25) is 0 Å². The molecule has 2 aromatic heterocycles. The molecule has 126 valence electrons. The highest BCUT2D eigenvalue weighted by atomic mass is 16.5. The highest BCUT2D eigenvalue weighted by molar-refractivity contribution is 5.70. The first-order valence-corrected chi connectivity index (χ1v) is 7.54. The maximum Gasteiger partial charge on any atom is 0.314 e. The summed E-state index contributed by atoms with van der Waals surface area (Å²) in [6.07, 6.45) is 1.81. The lowest BCUT2D eigenvalue weighted by atomic mass is 10.3. The summed E-state index contributed by atoms with van der Waals surface area (Å²) in [5.74, 6) is 0.361. The van der Waals surface area contributed by atoms with Gasteiger partial charge in [-0.15, -0.1) is 0 Å². The first-order valence-electron chi connectivity index (χ1n) is 7.54. The van der Waals surface area contributed by atoms with Crippen molar-refractivity contribution in [1.29, 1.82) is 0 Å². The van der Waals surface area contributed by atoms with E-state index < -0.39 is 0 Å². The van der Waals surface area contributed by atoms with Crippen molar-refractivity contribution in [3.63, 3.8) is 0 Å². The minimum Gasteiger partial charge on any atom is -0.466 e. The summed E-state index contributed by atoms with van der Waals surface area (Å²) in [7, 11) is 3.29. The maximum atomic E-state index is 12.3. The molecule has 0 aromatic carbocycles. The van der Waals surface area contributed by atoms with Gasteiger partial charge in [-0.25, -0.2) is 9.13 Å². The number of aromatic nitrogens is 4. The van der Waals surface area contributed by atoms with E-state index in [1.54, 1.807) is 30.2 Å². The molecule has 0 saturated carbocycles. The summed E-state index contributed by atoms with van der Waals surface area (Å²) in [5.41, 5.74) is 12.5. The van der Waals surface area contributed by atoms with Crippen LogP contribution < -0.4 is 21.6 Å². The van der Waals surface area contributed by atoms with Crippen LogP contribution in [0, 0.1) is 0 Å². The second-order valence-corrected chi connectivity index (χ2v) is 5.36. The number of anilines is 2. The molecule has 2 heterocycles. The van der Waals surface area contributed by atoms with Crippen LogP contribution in [0.1, 0.15) is 26.2 Å². The third-order valence-corrected chi connectivity index (χ3v) is 3.82. The Bertz CT molecular complexity index is 792. The van der Waals surface area contributed by atoms with Crippen LogP contribution in [0.25, 0.3) is 11.2 Å². The standard InChI is InChI=1S/C14H22N6O3/c1-4-9(21)23-8-6-5-7-20-11-10(18(2)14(20)16)12(22)19(3)13(15)17-11/h16H,4-8H2,1-3H3,(H2,15,17,22)/p+1. The van der Waals surface area contributed by atoms with E-state index in [9.17, 15) is 9.59 Å². The van der Waals surface area contributed by atoms with Crippen molar-refractivity contribution < 1.29 is 14.1 Å². The number of carbonyl (C=O) groups excluding carboxylic acids is 1. The topological polar surface area (TPSA) is 122 Å². The van der Waals surface area contributed by atoms with Crippen molar-refractivity contribution in [3.8, 4) is 0 Å². The fourth-order valence-electron chi connectivity index (χ4n) is 2.36. The molecule has 0 aliphatic rings. The number of nitrogen functional groups attached to an aromatic ring is 2. The van der Waals surface area contributed by atoms with E-state index in [2.05, 4.69) is 4.98 Å². The second-order valence-electron chi connectivity index (χ2n) is 5.36. The van der Waals surface area contributed by atoms with Crippen molar-refractivity contribution in [2.45, 2.75) is 32.7 Å². The molecule has 0 fully saturated rings. The molecule has 0 spiro atoms. The number of carbonyl (C=O) groups is 1. The van der Waals surface area contributed by atoms with Gasteiger partial charge >= 0.3 is 11.9 Å². The molecular formula is C14H23N6O3+. The fourth-order valence-corrected chi connectivity index (χ4v) is 2.36. The Kier molecular flexibility index (Phi) is 4.87. The number of fused-ring (bicyclic) bond motifs is 1. The number of unbranched alkanes of at least 4 members (excludes halogenated alkanes) is 1. The third kappa shape index (κ3) is 3.13. The van der Waals surface area contributed by atoms with Gasteiger partial charge in [-0.1, -0.05) is 11.9 Å². The highest BCUT2D eigenvalue weighted by Gasteiger charge is 2.24. The Hall–Kier alpha value is -2.58. The molecule has 9 heteroatoms. The minimum absolute atomic E-state index is 0.138. The molecule has 0 aliphatic carbocycles. The summed E-state index contributed by atoms with van der Waals surface area (Å²) in [5, 5.41) is 0. The summed E-state index contributed by atoms with van der Waals surface area (Å²) < 4.78 is 9.69. The molecule has 2 rings (SSSR count). The Morgan fingerprint density at radius 1 is 1.26 bits per heavy atom. The molecule has 0 bridgehead atoms. The first kappa shape index (κ1) is 16.8. The quantitative estimate of drug-likeness (QED) is 0.418. The zero-order valence-electron chi connectivity index (χ0n) is 13.7. The van der Waals surface area contributed by atoms with E-state index in [-0.39, 0.29) is 17.5 Å². The normalized spacial score (nSPS) is 11.1. The molecule has 0 radical (unpaired) electrons. The van der Waals surface area contributed by atoms with Gasteiger partial charge in [0.25, 0.3) is 17.2 Å². The van der Waals surface area contributed by atoms with Crippen LogP contribution in [-0.4, -0.2) is 26.7 Å². The predicted octanol–water partition coefficient (Wildman–Crippen LogP) is -0.543. The molecule has 2 aromatic rings. The highest BCUT2D eigenvalue weighted by Crippen LogP contribution is 2.10. The van der Waals surface area contributed by atoms with Gasteiger partial charge in [0.15, 0.2) is 0 Å². The van der Waals surface area contributed by atoms with Gasteiger partial charge in [0, 0.05) is 20.5 Å². The van der Waals surface area contributed by atoms with Gasteiger partial charge in [0.2, 0.25) is 5.52 Å². The van der Waals surface area contributed by atoms with Crippen LogP contribution in [0.15, 0.2) is 4.79 Å². The number of imidazole rings is 1. The molecule has 0 unspecified atom stereocenters. The number of esters is 1. The smallest absolute Gasteiger partial charge is 0.314 e. The largest absolute Gasteiger partial charge is 0.466 e. The zero-order chi connectivity index (χ0) is 17.1. The van der Waals surface area contributed by atoms with Crippen molar-refractivity contribution in [2.24, 2.45) is 14.1 Å². The van der Waals surface area contributed by atoms with E-state index in [0.717, 1.165) is 6.42 Å². The number of aryl methyl sites for hydroxylation is 2. The molecule has 0 atom stereocenters. The summed E-state index contributed by atoms with van der Waals surface area (Å²) in [6.45, 7) is 2.69. The van der Waals surface area contributed by atoms with Crippen molar-refractivity contribution in [1.82, 2.24) is 14.1 Å². The minimum atomic E-state index is -0.239. The van der Waals surface area contributed by atoms with E-state index in [1.165, 1.54) is 4.57 Å². The molecule has 0 amide bonds. The summed E-state index contributed by atoms with van der Waals surface area (Å²) >= 11 is 0. The molecule has 0 saturated heterocycles. The molecule has 4 N–H and O–H groups in total. The first-order chi connectivity index (χ1) is 10.9. The van der Waals surface area contributed by atoms with Gasteiger partial charge in [-0.3, -0.25) is 14.2 Å². The number of nitrogens with zero attached hydrogens (tertiary/aromatic N) is 4. The number of hydrogen-bond acceptors (Lipinski definition) is 6. The van der Waals surface area contributed by atoms with Crippen LogP contribution in [0.5, 0.6) is 0 Å². The fraction of sp³-hybridized carbons (Fsp3) is 0.571. The van der Waals surface area contributed by atoms with Crippen molar-refractivity contribution in [3.05, 3.63) is 10.4 Å². The van der Waals surface area contributed by atoms with Gasteiger partial charge in [0.1, 0.15) is 0 Å². The maximum absolute atomic E-state index is 12.3. The summed E-state index contributed by atoms with van der Waals surface area (Å²) in [6, 6.07) is 0. The lowest BCUT2D eigenvalue weighted by molar-refractivity contribution is -0.659. The molecule has 0 aliphatic heterocycles. The zero-order valence-corrected chi connectivity index (χ0v) is 13.7. The SMILES string of the molecule is CCC(=O)OCCCC[n+]1c(N)n(C)c2c(=O)n(C)c(N)nc21. The van der Waals surface area contributed by atoms with Crippen LogP contribution in [0.4, 0.5) is 11.9 Å². The van der Waals surface area contributed by atoms with E-state index in [0.29, 0.717) is 43.1 Å². The lowest BCUT2D eigenvalue weighted by Gasteiger charge is -2.04. The van der Waals surface area contributed by atoms with Crippen LogP contribution in [0.3, 0.4) is 0 Å².